The summed E-state index contributed by atoms with van der Waals surface area (Å²) in [5, 5.41) is 4.80. The summed E-state index contributed by atoms with van der Waals surface area (Å²) < 4.78 is 0. The predicted octanol–water partition coefficient (Wildman–Crippen LogP) is 16.3. The molecular formula is C74H49B2N5. The van der Waals surface area contributed by atoms with Gasteiger partial charge in [0.05, 0.1) is 11.4 Å². The number of fused-ring (bicyclic) bond motifs is 12. The Kier molecular flexibility index (Phi) is 10.1. The van der Waals surface area contributed by atoms with Crippen molar-refractivity contribution < 1.29 is 0 Å². The molecule has 13 aromatic rings. The summed E-state index contributed by atoms with van der Waals surface area (Å²) >= 11 is 0. The molecular weight excluding hydrogens is 980 g/mol. The van der Waals surface area contributed by atoms with Crippen molar-refractivity contribution in [3.8, 4) is 11.1 Å². The monoisotopic (exact) mass is 1030 g/mol. The molecule has 7 heteroatoms. The third kappa shape index (κ3) is 6.82. The normalized spacial score (nSPS) is 13.1. The molecule has 17 rings (SSSR count). The van der Waals surface area contributed by atoms with Gasteiger partial charge < -0.3 is 24.4 Å². The van der Waals surface area contributed by atoms with Crippen LogP contribution in [0, 0.1) is 0 Å². The summed E-state index contributed by atoms with van der Waals surface area (Å²) in [7, 11) is 0. The highest BCUT2D eigenvalue weighted by Crippen LogP contribution is 2.53. The Balaban J connectivity index is 0.987. The molecule has 0 saturated carbocycles. The Morgan fingerprint density at radius 2 is 0.765 bits per heavy atom. The van der Waals surface area contributed by atoms with Crippen LogP contribution >= 0.6 is 0 Å². The van der Waals surface area contributed by atoms with Crippen molar-refractivity contribution >= 4 is 142 Å². The lowest BCUT2D eigenvalue weighted by molar-refractivity contribution is 1.23. The minimum atomic E-state index is -0.136. The summed E-state index contributed by atoms with van der Waals surface area (Å²) in [4.78, 5) is 12.7. The molecule has 376 valence electrons. The Hall–Kier alpha value is -10.5. The molecule has 0 aromatic heterocycles. The average Bonchev–Trinajstić information content (AvgIpc) is 3.38. The summed E-state index contributed by atoms with van der Waals surface area (Å²) in [5.41, 5.74) is 24.9. The van der Waals surface area contributed by atoms with Gasteiger partial charge in [-0.15, -0.1) is 0 Å². The van der Waals surface area contributed by atoms with Gasteiger partial charge in [0.1, 0.15) is 0 Å². The second-order valence-electron chi connectivity index (χ2n) is 21.6. The highest BCUT2D eigenvalue weighted by molar-refractivity contribution is 7.02. The molecule has 0 fully saturated rings. The molecule has 0 bridgehead atoms. The van der Waals surface area contributed by atoms with Crippen LogP contribution < -0.4 is 51.7 Å². The fourth-order valence-electron chi connectivity index (χ4n) is 14.0. The third-order valence-corrected chi connectivity index (χ3v) is 17.3. The van der Waals surface area contributed by atoms with E-state index in [0.717, 1.165) is 51.2 Å². The maximum Gasteiger partial charge on any atom is 0.333 e. The van der Waals surface area contributed by atoms with Gasteiger partial charge in [0.2, 0.25) is 0 Å². The van der Waals surface area contributed by atoms with Gasteiger partial charge in [-0.3, -0.25) is 0 Å². The average molecular weight is 1030 g/mol. The summed E-state index contributed by atoms with van der Waals surface area (Å²) in [6.07, 6.45) is 0. The largest absolute Gasteiger partial charge is 0.376 e. The van der Waals surface area contributed by atoms with Crippen LogP contribution in [0.5, 0.6) is 0 Å². The topological polar surface area (TPSA) is 16.2 Å². The first-order chi connectivity index (χ1) is 40.2. The molecule has 5 nitrogen and oxygen atoms in total. The van der Waals surface area contributed by atoms with Crippen molar-refractivity contribution in [1.82, 2.24) is 0 Å². The fraction of sp³-hybridized carbons (Fsp3) is 0. The second-order valence-corrected chi connectivity index (χ2v) is 21.6. The van der Waals surface area contributed by atoms with Crippen LogP contribution in [-0.2, 0) is 0 Å². The Morgan fingerprint density at radius 1 is 0.284 bits per heavy atom. The van der Waals surface area contributed by atoms with E-state index < -0.39 is 0 Å². The molecule has 13 aromatic carbocycles. The molecule has 0 N–H and O–H groups in total. The van der Waals surface area contributed by atoms with Gasteiger partial charge in [-0.2, -0.15) is 0 Å². The van der Waals surface area contributed by atoms with E-state index in [2.05, 4.69) is 322 Å². The van der Waals surface area contributed by atoms with E-state index in [1.807, 2.05) is 0 Å². The van der Waals surface area contributed by atoms with Gasteiger partial charge in [-0.25, -0.2) is 0 Å². The molecule has 0 unspecified atom stereocenters. The quantitative estimate of drug-likeness (QED) is 0.141. The minimum Gasteiger partial charge on any atom is -0.376 e. The van der Waals surface area contributed by atoms with Crippen molar-refractivity contribution in [2.24, 2.45) is 0 Å². The number of hydrogen-bond donors (Lipinski definition) is 0. The molecule has 0 amide bonds. The van der Waals surface area contributed by atoms with E-state index in [0.29, 0.717) is 0 Å². The van der Waals surface area contributed by atoms with E-state index in [1.54, 1.807) is 0 Å². The zero-order valence-electron chi connectivity index (χ0n) is 44.2. The maximum absolute atomic E-state index is 2.66. The summed E-state index contributed by atoms with van der Waals surface area (Å²) in [6, 6.07) is 110. The summed E-state index contributed by atoms with van der Waals surface area (Å²) in [6.45, 7) is -0.260. The highest BCUT2D eigenvalue weighted by Gasteiger charge is 2.52. The van der Waals surface area contributed by atoms with Crippen molar-refractivity contribution in [1.29, 1.82) is 0 Å². The number of para-hydroxylation sites is 6. The zero-order chi connectivity index (χ0) is 53.1. The number of anilines is 14. The van der Waals surface area contributed by atoms with E-state index in [4.69, 9.17) is 0 Å². The van der Waals surface area contributed by atoms with Gasteiger partial charge in [0.15, 0.2) is 0 Å². The van der Waals surface area contributed by atoms with Gasteiger partial charge >= 0.3 is 6.85 Å². The molecule has 0 atom stereocenters. The van der Waals surface area contributed by atoms with E-state index in [-0.39, 0.29) is 13.6 Å². The van der Waals surface area contributed by atoms with E-state index in [9.17, 15) is 0 Å². The van der Waals surface area contributed by atoms with Gasteiger partial charge in [-0.05, 0) is 147 Å². The smallest absolute Gasteiger partial charge is 0.333 e. The lowest BCUT2D eigenvalue weighted by Gasteiger charge is -2.51. The molecule has 0 spiro atoms. The first-order valence-corrected chi connectivity index (χ1v) is 28.1. The Bertz CT molecular complexity index is 4630. The van der Waals surface area contributed by atoms with Crippen LogP contribution in [0.25, 0.3) is 32.7 Å². The van der Waals surface area contributed by atoms with Crippen molar-refractivity contribution in [2.75, 3.05) is 24.4 Å². The van der Waals surface area contributed by atoms with Crippen LogP contribution in [-0.4, -0.2) is 13.6 Å². The molecule has 0 radical (unpaired) electrons. The SMILES string of the molecule is c1ccc(N2B3c4ccccc4N4c5cc(N(c6ccccc6)c6cccc7ccccc67)ccc5B5c6ccc(N(c7ccccc7)c7cccc8ccccc78)cc6N(c6ccccc6)c6cc(c3c4c65)-c3ccccc32)cc1. The summed E-state index contributed by atoms with van der Waals surface area (Å²) in [5.74, 6) is 0. The molecule has 4 aliphatic heterocycles. The molecule has 0 saturated heterocycles. The molecule has 0 aliphatic carbocycles. The van der Waals surface area contributed by atoms with Crippen molar-refractivity contribution in [2.45, 2.75) is 0 Å². The second kappa shape index (κ2) is 18.0. The first-order valence-electron chi connectivity index (χ1n) is 28.1. The van der Waals surface area contributed by atoms with E-state index >= 15 is 0 Å². The molecule has 4 heterocycles. The van der Waals surface area contributed by atoms with Crippen LogP contribution in [0.1, 0.15) is 0 Å². The van der Waals surface area contributed by atoms with Crippen LogP contribution in [0.15, 0.2) is 297 Å². The Morgan fingerprint density at radius 3 is 1.37 bits per heavy atom. The van der Waals surface area contributed by atoms with Crippen LogP contribution in [0.4, 0.5) is 79.6 Å². The molecule has 81 heavy (non-hydrogen) atoms. The number of hydrogen-bond acceptors (Lipinski definition) is 5. The standard InChI is InChI=1S/C74H49B2N5/c1-5-27-52(28-6-1)77(65-41-21-25-50-23-13-15-35-58(50)65)56-43-45-62-69(47-56)79(54-31-9-3-10-32-54)71-49-61-60-37-17-19-39-67(60)81(55-33-11-4-12-34-55)76-64-38-18-20-40-68(64)80-70-48-57(44-46-63(70)75(62)73(71)74(80)72(61)76)78(53-29-7-2-8-30-53)66-42-22-26-51-24-14-16-36-59(51)66/h1-49H. The highest BCUT2D eigenvalue weighted by atomic mass is 15.2. The van der Waals surface area contributed by atoms with Crippen molar-refractivity contribution in [3.63, 3.8) is 0 Å². The van der Waals surface area contributed by atoms with E-state index in [1.165, 1.54) is 88.4 Å². The number of rotatable bonds is 8. The minimum absolute atomic E-state index is 0.124. The Labute approximate surface area is 472 Å². The van der Waals surface area contributed by atoms with Gasteiger partial charge in [0.25, 0.3) is 6.71 Å². The predicted molar refractivity (Wildman–Crippen MR) is 344 cm³/mol. The number of nitrogens with zero attached hydrogens (tertiary/aromatic N) is 5. The maximum atomic E-state index is 2.66. The molecule has 4 aliphatic rings. The van der Waals surface area contributed by atoms with Crippen molar-refractivity contribution in [3.05, 3.63) is 297 Å². The third-order valence-electron chi connectivity index (χ3n) is 17.3. The lowest BCUT2D eigenvalue weighted by atomic mass is 9.31. The van der Waals surface area contributed by atoms with Crippen LogP contribution in [0.2, 0.25) is 0 Å². The fourth-order valence-corrected chi connectivity index (χ4v) is 14.0. The zero-order valence-corrected chi connectivity index (χ0v) is 44.2. The van der Waals surface area contributed by atoms with Gasteiger partial charge in [0, 0.05) is 84.6 Å². The van der Waals surface area contributed by atoms with Gasteiger partial charge in [-0.1, -0.05) is 194 Å². The number of benzene rings is 13. The lowest BCUT2D eigenvalue weighted by Crippen LogP contribution is -2.68. The first kappa shape index (κ1) is 45.5. The van der Waals surface area contributed by atoms with Crippen LogP contribution in [0.3, 0.4) is 0 Å².